The first kappa shape index (κ1) is 18.0. The van der Waals surface area contributed by atoms with Crippen molar-refractivity contribution >= 4 is 11.9 Å². The molecule has 26 heavy (non-hydrogen) atoms. The molecular weight excluding hydrogens is 324 g/mol. The highest BCUT2D eigenvalue weighted by molar-refractivity contribution is 6.15. The molecule has 0 N–H and O–H groups in total. The minimum absolute atomic E-state index is 0.0760. The van der Waals surface area contributed by atoms with Gasteiger partial charge in [-0.05, 0) is 62.1 Å². The maximum Gasteiger partial charge on any atom is 0.232 e. The molecule has 0 saturated carbocycles. The molecule has 0 amide bonds. The molecule has 3 heteroatoms. The second kappa shape index (κ2) is 7.61. The Morgan fingerprint density at radius 1 is 1.15 bits per heavy atom. The lowest BCUT2D eigenvalue weighted by Gasteiger charge is -2.07. The molecule has 1 aliphatic rings. The summed E-state index contributed by atoms with van der Waals surface area (Å²) in [6, 6.07) is 11.8. The number of benzene rings is 2. The van der Waals surface area contributed by atoms with Gasteiger partial charge in [-0.15, -0.1) is 0 Å². The van der Waals surface area contributed by atoms with Crippen LogP contribution in [-0.4, -0.2) is 12.4 Å². The Morgan fingerprint density at radius 3 is 2.54 bits per heavy atom. The molecule has 2 aromatic rings. The molecule has 3 rings (SSSR count). The zero-order valence-electron chi connectivity index (χ0n) is 15.8. The SMILES string of the molecule is CCc1ccc(/C=C2\Oc3cc(OCC=C(C)C)cc(C)c3C2=O)cc1. The van der Waals surface area contributed by atoms with E-state index < -0.39 is 0 Å². The summed E-state index contributed by atoms with van der Waals surface area (Å²) in [6.45, 7) is 8.59. The molecule has 0 radical (unpaired) electrons. The summed E-state index contributed by atoms with van der Waals surface area (Å²) >= 11 is 0. The first-order chi connectivity index (χ1) is 12.5. The maximum atomic E-state index is 12.7. The summed E-state index contributed by atoms with van der Waals surface area (Å²) in [5.41, 5.74) is 4.91. The number of carbonyl (C=O) groups is 1. The number of fused-ring (bicyclic) bond motifs is 1. The van der Waals surface area contributed by atoms with Crippen molar-refractivity contribution < 1.29 is 14.3 Å². The van der Waals surface area contributed by atoms with Crippen molar-refractivity contribution in [3.05, 3.63) is 76.1 Å². The highest BCUT2D eigenvalue weighted by Gasteiger charge is 2.29. The Balaban J connectivity index is 1.84. The minimum atomic E-state index is -0.0760. The molecular formula is C23H24O3. The quantitative estimate of drug-likeness (QED) is 0.527. The van der Waals surface area contributed by atoms with Crippen LogP contribution < -0.4 is 9.47 Å². The van der Waals surface area contributed by atoms with Gasteiger partial charge in [-0.25, -0.2) is 0 Å². The highest BCUT2D eigenvalue weighted by atomic mass is 16.5. The second-order valence-electron chi connectivity index (χ2n) is 6.74. The van der Waals surface area contributed by atoms with Gasteiger partial charge in [0.15, 0.2) is 5.76 Å². The first-order valence-corrected chi connectivity index (χ1v) is 8.92. The van der Waals surface area contributed by atoms with E-state index in [0.29, 0.717) is 29.4 Å². The van der Waals surface area contributed by atoms with Gasteiger partial charge in [0.25, 0.3) is 0 Å². The van der Waals surface area contributed by atoms with Gasteiger partial charge in [-0.1, -0.05) is 36.8 Å². The molecule has 3 nitrogen and oxygen atoms in total. The Kier molecular flexibility index (Phi) is 5.27. The van der Waals surface area contributed by atoms with Crippen LogP contribution >= 0.6 is 0 Å². The number of rotatable bonds is 5. The van der Waals surface area contributed by atoms with Crippen molar-refractivity contribution in [1.29, 1.82) is 0 Å². The van der Waals surface area contributed by atoms with Crippen LogP contribution in [0.1, 0.15) is 47.8 Å². The molecule has 2 aromatic carbocycles. The fourth-order valence-electron chi connectivity index (χ4n) is 2.87. The smallest absolute Gasteiger partial charge is 0.232 e. The zero-order chi connectivity index (χ0) is 18.7. The molecule has 0 saturated heterocycles. The third kappa shape index (κ3) is 3.88. The Morgan fingerprint density at radius 2 is 1.88 bits per heavy atom. The van der Waals surface area contributed by atoms with Gasteiger partial charge in [0.2, 0.25) is 5.78 Å². The van der Waals surface area contributed by atoms with Gasteiger partial charge in [-0.3, -0.25) is 4.79 Å². The predicted octanol–water partition coefficient (Wildman–Crippen LogP) is 5.52. The van der Waals surface area contributed by atoms with E-state index in [0.717, 1.165) is 17.5 Å². The van der Waals surface area contributed by atoms with Crippen molar-refractivity contribution in [2.24, 2.45) is 0 Å². The lowest BCUT2D eigenvalue weighted by molar-refractivity contribution is 0.101. The summed E-state index contributed by atoms with van der Waals surface area (Å²) < 4.78 is 11.6. The van der Waals surface area contributed by atoms with Crippen LogP contribution in [0.15, 0.2) is 53.8 Å². The number of carbonyl (C=O) groups excluding carboxylic acids is 1. The number of ketones is 1. The monoisotopic (exact) mass is 348 g/mol. The Hall–Kier alpha value is -2.81. The zero-order valence-corrected chi connectivity index (χ0v) is 15.8. The van der Waals surface area contributed by atoms with E-state index in [1.165, 1.54) is 11.1 Å². The van der Waals surface area contributed by atoms with Gasteiger partial charge in [-0.2, -0.15) is 0 Å². The average Bonchev–Trinajstić information content (AvgIpc) is 2.91. The van der Waals surface area contributed by atoms with E-state index in [4.69, 9.17) is 9.47 Å². The lowest BCUT2D eigenvalue weighted by Crippen LogP contribution is -2.00. The number of aryl methyl sites for hydroxylation is 2. The third-order valence-electron chi connectivity index (χ3n) is 4.37. The fourth-order valence-corrected chi connectivity index (χ4v) is 2.87. The van der Waals surface area contributed by atoms with Crippen LogP contribution in [-0.2, 0) is 6.42 Å². The second-order valence-corrected chi connectivity index (χ2v) is 6.74. The fraction of sp³-hybridized carbons (Fsp3) is 0.261. The predicted molar refractivity (Wildman–Crippen MR) is 105 cm³/mol. The molecule has 0 atom stereocenters. The van der Waals surface area contributed by atoms with Crippen molar-refractivity contribution in [3.8, 4) is 11.5 Å². The molecule has 0 fully saturated rings. The molecule has 0 spiro atoms. The Labute approximate surface area is 155 Å². The van der Waals surface area contributed by atoms with E-state index in [1.807, 2.05) is 45.0 Å². The molecule has 0 aromatic heterocycles. The van der Waals surface area contributed by atoms with Gasteiger partial charge in [0, 0.05) is 6.07 Å². The first-order valence-electron chi connectivity index (χ1n) is 8.92. The van der Waals surface area contributed by atoms with E-state index in [2.05, 4.69) is 19.1 Å². The summed E-state index contributed by atoms with van der Waals surface area (Å²) in [6.07, 6.45) is 4.80. The number of hydrogen-bond acceptors (Lipinski definition) is 3. The molecule has 0 unspecified atom stereocenters. The van der Waals surface area contributed by atoms with Crippen molar-refractivity contribution in [2.45, 2.75) is 34.1 Å². The molecule has 134 valence electrons. The maximum absolute atomic E-state index is 12.7. The number of ether oxygens (including phenoxy) is 2. The van der Waals surface area contributed by atoms with Crippen LogP contribution in [0.4, 0.5) is 0 Å². The normalized spacial score (nSPS) is 14.2. The van der Waals surface area contributed by atoms with E-state index >= 15 is 0 Å². The third-order valence-corrected chi connectivity index (χ3v) is 4.37. The summed E-state index contributed by atoms with van der Waals surface area (Å²) in [5, 5.41) is 0. The number of Topliss-reactive ketones (excluding diaryl/α,β-unsaturated/α-hetero) is 1. The van der Waals surface area contributed by atoms with Crippen LogP contribution in [0.2, 0.25) is 0 Å². The number of hydrogen-bond donors (Lipinski definition) is 0. The van der Waals surface area contributed by atoms with Crippen LogP contribution in [0.3, 0.4) is 0 Å². The lowest BCUT2D eigenvalue weighted by atomic mass is 10.0. The van der Waals surface area contributed by atoms with Crippen molar-refractivity contribution in [2.75, 3.05) is 6.61 Å². The molecule has 0 bridgehead atoms. The van der Waals surface area contributed by atoms with E-state index in [-0.39, 0.29) is 5.78 Å². The van der Waals surface area contributed by atoms with Gasteiger partial charge >= 0.3 is 0 Å². The average molecular weight is 348 g/mol. The van der Waals surface area contributed by atoms with Crippen molar-refractivity contribution in [1.82, 2.24) is 0 Å². The summed E-state index contributed by atoms with van der Waals surface area (Å²) in [4.78, 5) is 12.7. The van der Waals surface area contributed by atoms with Crippen LogP contribution in [0, 0.1) is 6.92 Å². The summed E-state index contributed by atoms with van der Waals surface area (Å²) in [5.74, 6) is 1.56. The van der Waals surface area contributed by atoms with Crippen molar-refractivity contribution in [3.63, 3.8) is 0 Å². The van der Waals surface area contributed by atoms with Crippen LogP contribution in [0.5, 0.6) is 11.5 Å². The highest BCUT2D eigenvalue weighted by Crippen LogP contribution is 2.37. The van der Waals surface area contributed by atoms with Gasteiger partial charge in [0.1, 0.15) is 18.1 Å². The Bertz CT molecular complexity index is 882. The standard InChI is InChI=1S/C23H24O3/c1-5-17-6-8-18(9-7-17)13-21-23(24)22-16(4)12-19(14-20(22)26-21)25-11-10-15(2)3/h6-10,12-14H,5,11H2,1-4H3/b21-13-. The molecule has 1 heterocycles. The number of allylic oxidation sites excluding steroid dienone is 2. The molecule has 0 aliphatic carbocycles. The summed E-state index contributed by atoms with van der Waals surface area (Å²) in [7, 11) is 0. The molecule has 1 aliphatic heterocycles. The van der Waals surface area contributed by atoms with Crippen LogP contribution in [0.25, 0.3) is 6.08 Å². The van der Waals surface area contributed by atoms with E-state index in [1.54, 1.807) is 12.1 Å². The topological polar surface area (TPSA) is 35.5 Å². The largest absolute Gasteiger partial charge is 0.489 e. The van der Waals surface area contributed by atoms with Gasteiger partial charge < -0.3 is 9.47 Å². The minimum Gasteiger partial charge on any atom is -0.489 e. The van der Waals surface area contributed by atoms with Gasteiger partial charge in [0.05, 0.1) is 5.56 Å². The van der Waals surface area contributed by atoms with E-state index in [9.17, 15) is 4.79 Å².